The summed E-state index contributed by atoms with van der Waals surface area (Å²) in [6.45, 7) is 3.11. The third-order valence-electron chi connectivity index (χ3n) is 3.46. The van der Waals surface area contributed by atoms with Crippen molar-refractivity contribution in [2.75, 3.05) is 20.2 Å². The predicted molar refractivity (Wildman–Crippen MR) is 86.9 cm³/mol. The summed E-state index contributed by atoms with van der Waals surface area (Å²) in [6.07, 6.45) is 4.75. The van der Waals surface area contributed by atoms with Gasteiger partial charge in [-0.1, -0.05) is 18.2 Å². The molecule has 0 aliphatic carbocycles. The molecule has 0 N–H and O–H groups in total. The molecule has 0 bridgehead atoms. The van der Waals surface area contributed by atoms with Crippen LogP contribution in [0.3, 0.4) is 0 Å². The second-order valence-corrected chi connectivity index (χ2v) is 5.34. The number of pyridine rings is 1. The Morgan fingerprint density at radius 1 is 1.27 bits per heavy atom. The quantitative estimate of drug-likeness (QED) is 0.789. The second-order valence-electron chi connectivity index (χ2n) is 5.34. The Morgan fingerprint density at radius 2 is 2.14 bits per heavy atom. The van der Waals surface area contributed by atoms with Crippen molar-refractivity contribution in [2.24, 2.45) is 0 Å². The number of hydrogen-bond donors (Lipinski definition) is 0. The van der Waals surface area contributed by atoms with Gasteiger partial charge in [-0.15, -0.1) is 0 Å². The summed E-state index contributed by atoms with van der Waals surface area (Å²) >= 11 is 0. The van der Waals surface area contributed by atoms with Crippen LogP contribution in [0.2, 0.25) is 0 Å². The monoisotopic (exact) mass is 298 g/mol. The number of aromatic nitrogens is 1. The van der Waals surface area contributed by atoms with E-state index in [-0.39, 0.29) is 5.91 Å². The largest absolute Gasteiger partial charge is 0.492 e. The maximum atomic E-state index is 12.1. The first-order valence-corrected chi connectivity index (χ1v) is 7.47. The van der Waals surface area contributed by atoms with Gasteiger partial charge in [0.1, 0.15) is 12.4 Å². The summed E-state index contributed by atoms with van der Waals surface area (Å²) in [5.74, 6) is 0.966. The van der Waals surface area contributed by atoms with Crippen LogP contribution in [0.25, 0.3) is 0 Å². The van der Waals surface area contributed by atoms with Gasteiger partial charge in [0.2, 0.25) is 5.91 Å². The topological polar surface area (TPSA) is 42.4 Å². The van der Waals surface area contributed by atoms with Gasteiger partial charge in [-0.2, -0.15) is 0 Å². The molecule has 1 heterocycles. The molecule has 0 saturated carbocycles. The predicted octanol–water partition coefficient (Wildman–Crippen LogP) is 2.86. The number of carbonyl (C=O) groups excluding carboxylic acids is 1. The third kappa shape index (κ3) is 5.20. The van der Waals surface area contributed by atoms with Gasteiger partial charge in [0.15, 0.2) is 0 Å². The van der Waals surface area contributed by atoms with Gasteiger partial charge in [-0.05, 0) is 42.7 Å². The van der Waals surface area contributed by atoms with Crippen molar-refractivity contribution in [1.82, 2.24) is 9.88 Å². The Hall–Kier alpha value is -2.36. The highest BCUT2D eigenvalue weighted by atomic mass is 16.5. The van der Waals surface area contributed by atoms with Crippen molar-refractivity contribution in [2.45, 2.75) is 19.8 Å². The van der Waals surface area contributed by atoms with E-state index in [0.29, 0.717) is 19.6 Å². The van der Waals surface area contributed by atoms with E-state index in [1.807, 2.05) is 50.4 Å². The Bertz CT molecular complexity index is 599. The maximum absolute atomic E-state index is 12.1. The van der Waals surface area contributed by atoms with E-state index < -0.39 is 0 Å². The van der Waals surface area contributed by atoms with Crippen LogP contribution < -0.4 is 4.74 Å². The molecule has 1 amide bonds. The van der Waals surface area contributed by atoms with E-state index in [2.05, 4.69) is 4.98 Å². The molecule has 1 aromatic carbocycles. The molecular weight excluding hydrogens is 276 g/mol. The van der Waals surface area contributed by atoms with Crippen molar-refractivity contribution < 1.29 is 9.53 Å². The van der Waals surface area contributed by atoms with Crippen LogP contribution in [0, 0.1) is 6.92 Å². The smallest absolute Gasteiger partial charge is 0.222 e. The number of ether oxygens (including phenoxy) is 1. The maximum Gasteiger partial charge on any atom is 0.222 e. The lowest BCUT2D eigenvalue weighted by atomic mass is 10.1. The second kappa shape index (κ2) is 8.17. The lowest BCUT2D eigenvalue weighted by Crippen LogP contribution is -2.31. The van der Waals surface area contributed by atoms with Crippen LogP contribution in [0.4, 0.5) is 0 Å². The molecule has 22 heavy (non-hydrogen) atoms. The molecule has 0 spiro atoms. The number of hydrogen-bond acceptors (Lipinski definition) is 3. The van der Waals surface area contributed by atoms with Crippen LogP contribution in [-0.4, -0.2) is 36.0 Å². The van der Waals surface area contributed by atoms with Gasteiger partial charge < -0.3 is 9.64 Å². The standard InChI is InChI=1S/C18H22N2O2/c1-15-5-3-7-17(13-15)22-12-11-20(2)18(21)9-8-16-6-4-10-19-14-16/h3-7,10,13-14H,8-9,11-12H2,1-2H3. The molecule has 0 unspecified atom stereocenters. The summed E-state index contributed by atoms with van der Waals surface area (Å²) in [6, 6.07) is 11.8. The number of benzene rings is 1. The number of nitrogens with zero attached hydrogens (tertiary/aromatic N) is 2. The number of rotatable bonds is 7. The molecule has 4 nitrogen and oxygen atoms in total. The SMILES string of the molecule is Cc1cccc(OCCN(C)C(=O)CCc2cccnc2)c1. The van der Waals surface area contributed by atoms with Gasteiger partial charge in [0, 0.05) is 25.9 Å². The van der Waals surface area contributed by atoms with Crippen LogP contribution in [0.15, 0.2) is 48.8 Å². The van der Waals surface area contributed by atoms with Crippen molar-refractivity contribution in [3.8, 4) is 5.75 Å². The number of likely N-dealkylation sites (N-methyl/N-ethyl adjacent to an activating group) is 1. The molecule has 0 aliphatic heterocycles. The zero-order chi connectivity index (χ0) is 15.8. The fraction of sp³-hybridized carbons (Fsp3) is 0.333. The first-order chi connectivity index (χ1) is 10.6. The average Bonchev–Trinajstić information content (AvgIpc) is 2.53. The van der Waals surface area contributed by atoms with Crippen molar-refractivity contribution >= 4 is 5.91 Å². The van der Waals surface area contributed by atoms with E-state index >= 15 is 0 Å². The fourth-order valence-corrected chi connectivity index (χ4v) is 2.12. The molecule has 116 valence electrons. The molecule has 0 saturated heterocycles. The van der Waals surface area contributed by atoms with E-state index in [9.17, 15) is 4.79 Å². The Balaban J connectivity index is 1.70. The van der Waals surface area contributed by atoms with Crippen LogP contribution >= 0.6 is 0 Å². The van der Waals surface area contributed by atoms with E-state index in [1.54, 1.807) is 17.3 Å². The summed E-state index contributed by atoms with van der Waals surface area (Å²) in [5.41, 5.74) is 2.25. The molecule has 2 rings (SSSR count). The zero-order valence-corrected chi connectivity index (χ0v) is 13.2. The summed E-state index contributed by atoms with van der Waals surface area (Å²) in [4.78, 5) is 17.8. The first kappa shape index (κ1) is 16.0. The molecule has 0 fully saturated rings. The van der Waals surface area contributed by atoms with E-state index in [1.165, 1.54) is 5.56 Å². The van der Waals surface area contributed by atoms with Crippen molar-refractivity contribution in [3.63, 3.8) is 0 Å². The number of amides is 1. The summed E-state index contributed by atoms with van der Waals surface area (Å²) in [5, 5.41) is 0. The zero-order valence-electron chi connectivity index (χ0n) is 13.2. The lowest BCUT2D eigenvalue weighted by molar-refractivity contribution is -0.130. The highest BCUT2D eigenvalue weighted by Crippen LogP contribution is 2.12. The Kier molecular flexibility index (Phi) is 5.95. The molecule has 0 radical (unpaired) electrons. The molecule has 2 aromatic rings. The van der Waals surface area contributed by atoms with Gasteiger partial charge in [0.05, 0.1) is 6.54 Å². The highest BCUT2D eigenvalue weighted by molar-refractivity contribution is 5.76. The number of carbonyl (C=O) groups is 1. The molecule has 4 heteroatoms. The molecule has 0 atom stereocenters. The van der Waals surface area contributed by atoms with Gasteiger partial charge in [-0.3, -0.25) is 9.78 Å². The minimum atomic E-state index is 0.122. The van der Waals surface area contributed by atoms with Crippen molar-refractivity contribution in [1.29, 1.82) is 0 Å². The minimum Gasteiger partial charge on any atom is -0.492 e. The summed E-state index contributed by atoms with van der Waals surface area (Å²) < 4.78 is 5.67. The van der Waals surface area contributed by atoms with E-state index in [4.69, 9.17) is 4.74 Å². The van der Waals surface area contributed by atoms with Crippen LogP contribution in [0.1, 0.15) is 17.5 Å². The Labute approximate surface area is 131 Å². The third-order valence-corrected chi connectivity index (χ3v) is 3.46. The highest BCUT2D eigenvalue weighted by Gasteiger charge is 2.09. The van der Waals surface area contributed by atoms with Crippen LogP contribution in [0.5, 0.6) is 5.75 Å². The van der Waals surface area contributed by atoms with Gasteiger partial charge in [-0.25, -0.2) is 0 Å². The average molecular weight is 298 g/mol. The van der Waals surface area contributed by atoms with Gasteiger partial charge >= 0.3 is 0 Å². The fourth-order valence-electron chi connectivity index (χ4n) is 2.12. The van der Waals surface area contributed by atoms with Crippen molar-refractivity contribution in [3.05, 3.63) is 59.9 Å². The lowest BCUT2D eigenvalue weighted by Gasteiger charge is -2.17. The molecule has 1 aromatic heterocycles. The van der Waals surface area contributed by atoms with Gasteiger partial charge in [0.25, 0.3) is 0 Å². The number of aryl methyl sites for hydroxylation is 2. The summed E-state index contributed by atoms with van der Waals surface area (Å²) in [7, 11) is 1.81. The molecular formula is C18H22N2O2. The minimum absolute atomic E-state index is 0.122. The normalized spacial score (nSPS) is 10.3. The van der Waals surface area contributed by atoms with E-state index in [0.717, 1.165) is 17.7 Å². The van der Waals surface area contributed by atoms with Crippen LogP contribution in [-0.2, 0) is 11.2 Å². The Morgan fingerprint density at radius 3 is 2.86 bits per heavy atom. The first-order valence-electron chi connectivity index (χ1n) is 7.47. The molecule has 0 aliphatic rings.